The van der Waals surface area contributed by atoms with Crippen LogP contribution in [0, 0.1) is 5.92 Å². The number of rotatable bonds is 3. The zero-order valence-corrected chi connectivity index (χ0v) is 9.39. The van der Waals surface area contributed by atoms with Gasteiger partial charge in [0.2, 0.25) is 0 Å². The average Bonchev–Trinajstić information content (AvgIpc) is 2.80. The summed E-state index contributed by atoms with van der Waals surface area (Å²) in [7, 11) is 0. The van der Waals surface area contributed by atoms with Crippen molar-refractivity contribution in [2.45, 2.75) is 19.4 Å². The Morgan fingerprint density at radius 1 is 1.67 bits per heavy atom. The lowest BCUT2D eigenvalue weighted by molar-refractivity contribution is -0.150. The van der Waals surface area contributed by atoms with Crippen molar-refractivity contribution in [2.75, 3.05) is 13.1 Å². The first-order valence-corrected chi connectivity index (χ1v) is 6.14. The molecule has 82 valence electrons. The van der Waals surface area contributed by atoms with Gasteiger partial charge < -0.3 is 10.1 Å². The van der Waals surface area contributed by atoms with E-state index in [1.54, 1.807) is 11.3 Å². The van der Waals surface area contributed by atoms with E-state index in [0.29, 0.717) is 6.61 Å². The number of piperidine rings is 1. The van der Waals surface area contributed by atoms with Crippen LogP contribution >= 0.6 is 11.3 Å². The molecule has 0 bridgehead atoms. The number of carbonyl (C=O) groups is 1. The van der Waals surface area contributed by atoms with Crippen LogP contribution in [0.1, 0.15) is 17.7 Å². The van der Waals surface area contributed by atoms with Crippen molar-refractivity contribution in [3.63, 3.8) is 0 Å². The Labute approximate surface area is 93.4 Å². The highest BCUT2D eigenvalue weighted by Gasteiger charge is 2.22. The number of thiophene rings is 1. The first-order valence-electron chi connectivity index (χ1n) is 5.26. The van der Waals surface area contributed by atoms with E-state index in [1.807, 2.05) is 17.5 Å². The molecule has 1 saturated heterocycles. The van der Waals surface area contributed by atoms with Gasteiger partial charge in [0.05, 0.1) is 5.92 Å². The van der Waals surface area contributed by atoms with Gasteiger partial charge in [-0.15, -0.1) is 11.3 Å². The van der Waals surface area contributed by atoms with Crippen LogP contribution in [0.15, 0.2) is 17.5 Å². The molecule has 2 rings (SSSR count). The van der Waals surface area contributed by atoms with Crippen LogP contribution < -0.4 is 5.32 Å². The minimum Gasteiger partial charge on any atom is -0.460 e. The predicted octanol–water partition coefficient (Wildman–Crippen LogP) is 1.79. The molecule has 0 aliphatic carbocycles. The van der Waals surface area contributed by atoms with Gasteiger partial charge >= 0.3 is 5.97 Å². The molecule has 1 aliphatic rings. The highest BCUT2D eigenvalue weighted by Crippen LogP contribution is 2.14. The quantitative estimate of drug-likeness (QED) is 0.797. The van der Waals surface area contributed by atoms with Crippen LogP contribution in [0.3, 0.4) is 0 Å². The Hall–Kier alpha value is -0.870. The van der Waals surface area contributed by atoms with Crippen molar-refractivity contribution in [1.29, 1.82) is 0 Å². The van der Waals surface area contributed by atoms with E-state index in [4.69, 9.17) is 4.74 Å². The van der Waals surface area contributed by atoms with Crippen LogP contribution in [0.4, 0.5) is 0 Å². The molecule has 2 heterocycles. The van der Waals surface area contributed by atoms with Crippen LogP contribution in [-0.2, 0) is 16.1 Å². The van der Waals surface area contributed by atoms with E-state index in [2.05, 4.69) is 5.32 Å². The average molecular weight is 225 g/mol. The molecule has 4 heteroatoms. The summed E-state index contributed by atoms with van der Waals surface area (Å²) in [6, 6.07) is 3.95. The third-order valence-corrected chi connectivity index (χ3v) is 3.42. The monoisotopic (exact) mass is 225 g/mol. The van der Waals surface area contributed by atoms with Crippen molar-refractivity contribution >= 4 is 17.3 Å². The molecule has 15 heavy (non-hydrogen) atoms. The lowest BCUT2D eigenvalue weighted by Crippen LogP contribution is -2.35. The number of nitrogens with one attached hydrogen (secondary N) is 1. The molecule has 1 aromatic heterocycles. The van der Waals surface area contributed by atoms with Gasteiger partial charge in [0, 0.05) is 11.4 Å². The molecule has 1 aromatic rings. The van der Waals surface area contributed by atoms with Gasteiger partial charge in [-0.25, -0.2) is 0 Å². The Balaban J connectivity index is 1.76. The van der Waals surface area contributed by atoms with Crippen molar-refractivity contribution in [2.24, 2.45) is 5.92 Å². The third-order valence-electron chi connectivity index (χ3n) is 2.57. The maximum atomic E-state index is 11.6. The molecular formula is C11H15NO2S. The molecular weight excluding hydrogens is 210 g/mol. The molecule has 0 aromatic carbocycles. The molecule has 1 N–H and O–H groups in total. The van der Waals surface area contributed by atoms with Crippen molar-refractivity contribution in [3.8, 4) is 0 Å². The molecule has 0 radical (unpaired) electrons. The van der Waals surface area contributed by atoms with Crippen LogP contribution in [0.5, 0.6) is 0 Å². The zero-order chi connectivity index (χ0) is 10.5. The van der Waals surface area contributed by atoms with Gasteiger partial charge in [0.1, 0.15) is 6.61 Å². The second-order valence-electron chi connectivity index (χ2n) is 3.73. The molecule has 1 fully saturated rings. The lowest BCUT2D eigenvalue weighted by atomic mass is 10.0. The maximum absolute atomic E-state index is 11.6. The van der Waals surface area contributed by atoms with Crippen LogP contribution in [0.25, 0.3) is 0 Å². The zero-order valence-electron chi connectivity index (χ0n) is 8.57. The Bertz CT molecular complexity index is 304. The van der Waals surface area contributed by atoms with Crippen molar-refractivity contribution in [1.82, 2.24) is 5.32 Å². The van der Waals surface area contributed by atoms with Crippen molar-refractivity contribution in [3.05, 3.63) is 22.4 Å². The summed E-state index contributed by atoms with van der Waals surface area (Å²) in [5, 5.41) is 5.20. The van der Waals surface area contributed by atoms with E-state index < -0.39 is 0 Å². The highest BCUT2D eigenvalue weighted by molar-refractivity contribution is 7.09. The molecule has 0 spiro atoms. The number of ether oxygens (including phenoxy) is 1. The summed E-state index contributed by atoms with van der Waals surface area (Å²) in [6.45, 7) is 2.21. The minimum absolute atomic E-state index is 0.0544. The summed E-state index contributed by atoms with van der Waals surface area (Å²) >= 11 is 1.62. The Kier molecular flexibility index (Phi) is 3.75. The molecule has 0 saturated carbocycles. The van der Waals surface area contributed by atoms with Crippen LogP contribution in [0.2, 0.25) is 0 Å². The van der Waals surface area contributed by atoms with Gasteiger partial charge in [0.25, 0.3) is 0 Å². The molecule has 1 unspecified atom stereocenters. The number of esters is 1. The number of hydrogen-bond acceptors (Lipinski definition) is 4. The third kappa shape index (κ3) is 3.04. The second kappa shape index (κ2) is 5.28. The summed E-state index contributed by atoms with van der Waals surface area (Å²) in [5.74, 6) is -0.00527. The van der Waals surface area contributed by atoms with Crippen LogP contribution in [-0.4, -0.2) is 19.1 Å². The van der Waals surface area contributed by atoms with E-state index in [0.717, 1.165) is 30.8 Å². The SMILES string of the molecule is O=C(OCc1cccs1)C1CCCNC1. The summed E-state index contributed by atoms with van der Waals surface area (Å²) in [5.41, 5.74) is 0. The van der Waals surface area contributed by atoms with Gasteiger partial charge in [-0.1, -0.05) is 6.07 Å². The van der Waals surface area contributed by atoms with E-state index in [9.17, 15) is 4.79 Å². The molecule has 0 amide bonds. The normalized spacial score (nSPS) is 21.2. The van der Waals surface area contributed by atoms with Gasteiger partial charge in [-0.05, 0) is 30.8 Å². The largest absolute Gasteiger partial charge is 0.460 e. The van der Waals surface area contributed by atoms with Gasteiger partial charge in [0.15, 0.2) is 0 Å². The standard InChI is InChI=1S/C11H15NO2S/c13-11(9-3-1-5-12-7-9)14-8-10-4-2-6-15-10/h2,4,6,9,12H,1,3,5,7-8H2. The minimum atomic E-state index is -0.0596. The Morgan fingerprint density at radius 2 is 2.60 bits per heavy atom. The fourth-order valence-corrected chi connectivity index (χ4v) is 2.32. The Morgan fingerprint density at radius 3 is 3.27 bits per heavy atom. The predicted molar refractivity (Wildman–Crippen MR) is 59.7 cm³/mol. The first-order chi connectivity index (χ1) is 7.36. The topological polar surface area (TPSA) is 38.3 Å². The second-order valence-corrected chi connectivity index (χ2v) is 4.76. The molecule has 3 nitrogen and oxygen atoms in total. The van der Waals surface area contributed by atoms with Crippen molar-refractivity contribution < 1.29 is 9.53 Å². The lowest BCUT2D eigenvalue weighted by Gasteiger charge is -2.20. The summed E-state index contributed by atoms with van der Waals surface area (Å²) in [6.07, 6.45) is 2.02. The fourth-order valence-electron chi connectivity index (χ4n) is 1.71. The maximum Gasteiger partial charge on any atom is 0.310 e. The molecule has 1 aliphatic heterocycles. The fraction of sp³-hybridized carbons (Fsp3) is 0.545. The number of carbonyl (C=O) groups excluding carboxylic acids is 1. The van der Waals surface area contributed by atoms with E-state index in [-0.39, 0.29) is 11.9 Å². The molecule has 1 atom stereocenters. The summed E-state index contributed by atoms with van der Waals surface area (Å²) < 4.78 is 5.26. The highest BCUT2D eigenvalue weighted by atomic mass is 32.1. The van der Waals surface area contributed by atoms with E-state index >= 15 is 0 Å². The first kappa shape index (κ1) is 10.6. The summed E-state index contributed by atoms with van der Waals surface area (Å²) in [4.78, 5) is 12.7. The van der Waals surface area contributed by atoms with Gasteiger partial charge in [-0.2, -0.15) is 0 Å². The number of hydrogen-bond donors (Lipinski definition) is 1. The smallest absolute Gasteiger partial charge is 0.310 e. The van der Waals surface area contributed by atoms with E-state index in [1.165, 1.54) is 0 Å². The van der Waals surface area contributed by atoms with Gasteiger partial charge in [-0.3, -0.25) is 4.79 Å².